The van der Waals surface area contributed by atoms with Gasteiger partial charge < -0.3 is 14.6 Å². The molecule has 0 saturated heterocycles. The molecule has 0 aliphatic carbocycles. The lowest BCUT2D eigenvalue weighted by Gasteiger charge is -2.13. The largest absolute Gasteiger partial charge is 0.508 e. The molecule has 0 fully saturated rings. The summed E-state index contributed by atoms with van der Waals surface area (Å²) in [6.45, 7) is 1.98. The van der Waals surface area contributed by atoms with Gasteiger partial charge in [-0.15, -0.1) is 0 Å². The topological polar surface area (TPSA) is 70.7 Å². The van der Waals surface area contributed by atoms with E-state index < -0.39 is 5.63 Å². The summed E-state index contributed by atoms with van der Waals surface area (Å²) in [6.07, 6.45) is 1.00. The number of fused-ring (bicyclic) bond motifs is 1. The first kappa shape index (κ1) is 15.2. The molecule has 0 radical (unpaired) electrons. The highest BCUT2D eigenvalue weighted by atomic mass is 16.4. The Morgan fingerprint density at radius 3 is 2.52 bits per heavy atom. The minimum Gasteiger partial charge on any atom is -0.508 e. The molecule has 3 rings (SSSR count). The van der Waals surface area contributed by atoms with Gasteiger partial charge in [0.25, 0.3) is 0 Å². The Bertz CT molecular complexity index is 895. The molecule has 1 heterocycles. The normalized spacial score (nSPS) is 12.4. The van der Waals surface area contributed by atoms with Gasteiger partial charge in [0.05, 0.1) is 10.9 Å². The third-order valence-corrected chi connectivity index (χ3v) is 4.17. The van der Waals surface area contributed by atoms with E-state index in [1.165, 1.54) is 0 Å². The van der Waals surface area contributed by atoms with Crippen molar-refractivity contribution >= 4 is 11.0 Å². The van der Waals surface area contributed by atoms with Crippen LogP contribution in [0, 0.1) is 0 Å². The van der Waals surface area contributed by atoms with Gasteiger partial charge in [-0.1, -0.05) is 37.3 Å². The maximum Gasteiger partial charge on any atom is 0.343 e. The molecule has 0 aliphatic rings. The number of phenols is 1. The smallest absolute Gasteiger partial charge is 0.343 e. The van der Waals surface area contributed by atoms with Gasteiger partial charge in [0.1, 0.15) is 17.1 Å². The van der Waals surface area contributed by atoms with Crippen LogP contribution in [-0.2, 0) is 6.42 Å². The molecule has 0 bridgehead atoms. The molecular weight excluding hydrogens is 292 g/mol. The van der Waals surface area contributed by atoms with E-state index >= 15 is 0 Å². The van der Waals surface area contributed by atoms with Crippen LogP contribution in [0.1, 0.15) is 30.4 Å². The molecule has 4 heteroatoms. The lowest BCUT2D eigenvalue weighted by molar-refractivity contribution is 0.449. The van der Waals surface area contributed by atoms with Crippen LogP contribution >= 0.6 is 0 Å². The van der Waals surface area contributed by atoms with E-state index in [1.807, 2.05) is 19.1 Å². The Hall–Kier alpha value is -2.75. The van der Waals surface area contributed by atoms with E-state index in [9.17, 15) is 15.0 Å². The van der Waals surface area contributed by atoms with E-state index in [1.54, 1.807) is 36.4 Å². The number of hydrogen-bond acceptors (Lipinski definition) is 4. The SMILES string of the molecule is CC(CCc1c(O)c2ccccc2oc1=O)c1ccccc1O. The Balaban J connectivity index is 1.88. The predicted octanol–water partition coefficient (Wildman–Crippen LogP) is 3.94. The predicted molar refractivity (Wildman–Crippen MR) is 89.0 cm³/mol. The number of para-hydroxylation sites is 2. The van der Waals surface area contributed by atoms with Crippen molar-refractivity contribution in [3.63, 3.8) is 0 Å². The van der Waals surface area contributed by atoms with Crippen LogP contribution in [0.5, 0.6) is 11.5 Å². The van der Waals surface area contributed by atoms with Crippen LogP contribution in [-0.4, -0.2) is 10.2 Å². The zero-order valence-electron chi connectivity index (χ0n) is 12.8. The van der Waals surface area contributed by atoms with Crippen LogP contribution in [0.15, 0.2) is 57.7 Å². The number of hydrogen-bond donors (Lipinski definition) is 2. The van der Waals surface area contributed by atoms with Crippen molar-refractivity contribution in [3.05, 3.63) is 70.1 Å². The van der Waals surface area contributed by atoms with Gasteiger partial charge in [-0.05, 0) is 42.5 Å². The zero-order chi connectivity index (χ0) is 16.4. The number of phenolic OH excluding ortho intramolecular Hbond substituents is 1. The highest BCUT2D eigenvalue weighted by molar-refractivity contribution is 5.83. The molecule has 118 valence electrons. The van der Waals surface area contributed by atoms with E-state index in [-0.39, 0.29) is 23.0 Å². The first-order valence-electron chi connectivity index (χ1n) is 7.59. The zero-order valence-corrected chi connectivity index (χ0v) is 12.8. The molecule has 0 saturated carbocycles. The van der Waals surface area contributed by atoms with Crippen molar-refractivity contribution in [3.8, 4) is 11.5 Å². The van der Waals surface area contributed by atoms with E-state index in [4.69, 9.17) is 4.42 Å². The second-order valence-corrected chi connectivity index (χ2v) is 5.71. The maximum absolute atomic E-state index is 12.1. The summed E-state index contributed by atoms with van der Waals surface area (Å²) >= 11 is 0. The molecule has 23 heavy (non-hydrogen) atoms. The Morgan fingerprint density at radius 1 is 1.04 bits per heavy atom. The van der Waals surface area contributed by atoms with Crippen LogP contribution in [0.25, 0.3) is 11.0 Å². The number of aromatic hydroxyl groups is 2. The molecule has 1 atom stereocenters. The summed E-state index contributed by atoms with van der Waals surface area (Å²) in [5.74, 6) is 0.289. The molecule has 4 nitrogen and oxygen atoms in total. The van der Waals surface area contributed by atoms with Crippen LogP contribution in [0.2, 0.25) is 0 Å². The second-order valence-electron chi connectivity index (χ2n) is 5.71. The fourth-order valence-corrected chi connectivity index (χ4v) is 2.81. The lowest BCUT2D eigenvalue weighted by atomic mass is 9.93. The monoisotopic (exact) mass is 310 g/mol. The Kier molecular flexibility index (Phi) is 4.06. The standard InChI is InChI=1S/C19H18O4/c1-12(13-6-2-4-8-16(13)20)10-11-15-18(21)14-7-3-5-9-17(14)23-19(15)22/h2-9,12,20-21H,10-11H2,1H3. The first-order valence-corrected chi connectivity index (χ1v) is 7.59. The number of benzene rings is 2. The summed E-state index contributed by atoms with van der Waals surface area (Å²) in [4.78, 5) is 12.1. The van der Waals surface area contributed by atoms with Gasteiger partial charge in [0.2, 0.25) is 0 Å². The van der Waals surface area contributed by atoms with Gasteiger partial charge in [0, 0.05) is 0 Å². The molecule has 2 N–H and O–H groups in total. The molecule has 0 aliphatic heterocycles. The maximum atomic E-state index is 12.1. The van der Waals surface area contributed by atoms with Crippen molar-refractivity contribution in [2.45, 2.75) is 25.7 Å². The molecule has 0 amide bonds. The molecule has 0 spiro atoms. The fraction of sp³-hybridized carbons (Fsp3) is 0.211. The molecule has 3 aromatic rings. The third-order valence-electron chi connectivity index (χ3n) is 4.17. The van der Waals surface area contributed by atoms with Crippen molar-refractivity contribution in [1.82, 2.24) is 0 Å². The van der Waals surface area contributed by atoms with Gasteiger partial charge in [-0.2, -0.15) is 0 Å². The minimum absolute atomic E-state index is 0.0127. The van der Waals surface area contributed by atoms with Crippen LogP contribution in [0.4, 0.5) is 0 Å². The van der Waals surface area contributed by atoms with Gasteiger partial charge in [-0.25, -0.2) is 4.79 Å². The van der Waals surface area contributed by atoms with Gasteiger partial charge in [0.15, 0.2) is 0 Å². The van der Waals surface area contributed by atoms with E-state index in [0.717, 1.165) is 5.56 Å². The molecule has 2 aromatic carbocycles. The van der Waals surface area contributed by atoms with Gasteiger partial charge in [-0.3, -0.25) is 0 Å². The summed E-state index contributed by atoms with van der Waals surface area (Å²) in [5, 5.41) is 20.8. The lowest BCUT2D eigenvalue weighted by Crippen LogP contribution is -2.09. The Morgan fingerprint density at radius 2 is 1.74 bits per heavy atom. The summed E-state index contributed by atoms with van der Waals surface area (Å²) in [7, 11) is 0. The average Bonchev–Trinajstić information content (AvgIpc) is 2.55. The van der Waals surface area contributed by atoms with E-state index in [0.29, 0.717) is 23.8 Å². The van der Waals surface area contributed by atoms with Crippen molar-refractivity contribution in [2.75, 3.05) is 0 Å². The van der Waals surface area contributed by atoms with Crippen molar-refractivity contribution < 1.29 is 14.6 Å². The van der Waals surface area contributed by atoms with Crippen molar-refractivity contribution in [2.24, 2.45) is 0 Å². The Labute approximate surface area is 133 Å². The van der Waals surface area contributed by atoms with Crippen LogP contribution in [0.3, 0.4) is 0 Å². The average molecular weight is 310 g/mol. The summed E-state index contributed by atoms with van der Waals surface area (Å²) in [5.41, 5.74) is 0.987. The van der Waals surface area contributed by atoms with Crippen molar-refractivity contribution in [1.29, 1.82) is 0 Å². The highest BCUT2D eigenvalue weighted by Crippen LogP contribution is 2.31. The summed E-state index contributed by atoms with van der Waals surface area (Å²) < 4.78 is 5.27. The quantitative estimate of drug-likeness (QED) is 0.716. The van der Waals surface area contributed by atoms with E-state index in [2.05, 4.69) is 0 Å². The molecule has 1 unspecified atom stereocenters. The van der Waals surface area contributed by atoms with Gasteiger partial charge >= 0.3 is 5.63 Å². The number of rotatable bonds is 4. The second kappa shape index (κ2) is 6.16. The fourth-order valence-electron chi connectivity index (χ4n) is 2.81. The highest BCUT2D eigenvalue weighted by Gasteiger charge is 2.16. The van der Waals surface area contributed by atoms with Crippen LogP contribution < -0.4 is 5.63 Å². The molecule has 1 aromatic heterocycles. The minimum atomic E-state index is -0.509. The molecular formula is C19H18O4. The first-order chi connectivity index (χ1) is 11.1. The third kappa shape index (κ3) is 2.93. The summed E-state index contributed by atoms with van der Waals surface area (Å²) in [6, 6.07) is 14.1.